The van der Waals surface area contributed by atoms with Crippen LogP contribution < -0.4 is 5.73 Å². The molecular formula is C15H29N3. The number of hydrogen-bond acceptors (Lipinski definition) is 3. The van der Waals surface area contributed by atoms with Crippen LogP contribution in [0, 0.1) is 5.41 Å². The van der Waals surface area contributed by atoms with Gasteiger partial charge in [0.25, 0.3) is 0 Å². The second-order valence-electron chi connectivity index (χ2n) is 6.79. The van der Waals surface area contributed by atoms with Gasteiger partial charge in [-0.15, -0.1) is 0 Å². The van der Waals surface area contributed by atoms with Gasteiger partial charge in [0.1, 0.15) is 0 Å². The number of nitrogens with zero attached hydrogens (tertiary/aromatic N) is 2. The third-order valence-corrected chi connectivity index (χ3v) is 5.44. The lowest BCUT2D eigenvalue weighted by Crippen LogP contribution is -2.50. The average molecular weight is 251 g/mol. The first-order valence-corrected chi connectivity index (χ1v) is 7.98. The first kappa shape index (κ1) is 12.9. The van der Waals surface area contributed by atoms with Crippen molar-refractivity contribution in [3.05, 3.63) is 0 Å². The van der Waals surface area contributed by atoms with Crippen LogP contribution in [0.1, 0.15) is 44.9 Å². The number of nitrogens with two attached hydrogens (primary N) is 1. The van der Waals surface area contributed by atoms with Crippen LogP contribution in [0.5, 0.6) is 0 Å². The molecule has 0 bridgehead atoms. The van der Waals surface area contributed by atoms with Gasteiger partial charge in [-0.1, -0.05) is 12.8 Å². The van der Waals surface area contributed by atoms with E-state index < -0.39 is 0 Å². The molecule has 104 valence electrons. The Bertz CT molecular complexity index is 261. The summed E-state index contributed by atoms with van der Waals surface area (Å²) in [5, 5.41) is 0. The molecule has 3 nitrogen and oxygen atoms in total. The molecule has 3 aliphatic rings. The zero-order chi connectivity index (χ0) is 12.4. The van der Waals surface area contributed by atoms with Crippen LogP contribution in [0.2, 0.25) is 0 Å². The molecule has 0 aromatic heterocycles. The molecular weight excluding hydrogens is 222 g/mol. The van der Waals surface area contributed by atoms with E-state index in [-0.39, 0.29) is 0 Å². The third kappa shape index (κ3) is 2.89. The average Bonchev–Trinajstić information content (AvgIpc) is 2.94. The van der Waals surface area contributed by atoms with E-state index in [4.69, 9.17) is 5.73 Å². The molecule has 0 aromatic rings. The summed E-state index contributed by atoms with van der Waals surface area (Å²) in [6, 6.07) is 0.922. The number of rotatable bonds is 5. The smallest absolute Gasteiger partial charge is 0.0113 e. The quantitative estimate of drug-likeness (QED) is 0.807. The first-order valence-electron chi connectivity index (χ1n) is 7.98. The monoisotopic (exact) mass is 251 g/mol. The van der Waals surface area contributed by atoms with Crippen LogP contribution in [-0.4, -0.2) is 55.1 Å². The molecule has 2 saturated carbocycles. The Morgan fingerprint density at radius 2 is 1.67 bits per heavy atom. The van der Waals surface area contributed by atoms with Crippen molar-refractivity contribution in [3.8, 4) is 0 Å². The molecule has 2 aliphatic carbocycles. The standard InChI is InChI=1S/C15H29N3/c16-8-7-15(5-6-15)13-17-9-11-18(12-10-17)14-3-1-2-4-14/h14H,1-13,16H2. The van der Waals surface area contributed by atoms with Crippen molar-refractivity contribution in [1.82, 2.24) is 9.80 Å². The maximum absolute atomic E-state index is 5.74. The summed E-state index contributed by atoms with van der Waals surface area (Å²) in [6.07, 6.45) is 9.93. The minimum Gasteiger partial charge on any atom is -0.330 e. The van der Waals surface area contributed by atoms with E-state index in [0.29, 0.717) is 5.41 Å². The van der Waals surface area contributed by atoms with E-state index in [1.807, 2.05) is 0 Å². The molecule has 0 atom stereocenters. The summed E-state index contributed by atoms with van der Waals surface area (Å²) in [6.45, 7) is 7.41. The van der Waals surface area contributed by atoms with E-state index in [0.717, 1.165) is 12.6 Å². The lowest BCUT2D eigenvalue weighted by molar-refractivity contribution is 0.0833. The van der Waals surface area contributed by atoms with Crippen molar-refractivity contribution < 1.29 is 0 Å². The highest BCUT2D eigenvalue weighted by atomic mass is 15.3. The first-order chi connectivity index (χ1) is 8.81. The predicted octanol–water partition coefficient (Wildman–Crippen LogP) is 1.68. The maximum atomic E-state index is 5.74. The van der Waals surface area contributed by atoms with E-state index in [2.05, 4.69) is 9.80 Å². The minimum atomic E-state index is 0.629. The molecule has 0 radical (unpaired) electrons. The molecule has 0 amide bonds. The molecule has 0 unspecified atom stereocenters. The van der Waals surface area contributed by atoms with Crippen LogP contribution in [0.3, 0.4) is 0 Å². The van der Waals surface area contributed by atoms with Gasteiger partial charge in [0.2, 0.25) is 0 Å². The van der Waals surface area contributed by atoms with Crippen LogP contribution in [0.4, 0.5) is 0 Å². The second-order valence-corrected chi connectivity index (χ2v) is 6.79. The van der Waals surface area contributed by atoms with Crippen molar-refractivity contribution in [2.75, 3.05) is 39.3 Å². The second kappa shape index (κ2) is 5.48. The maximum Gasteiger partial charge on any atom is 0.0113 e. The minimum absolute atomic E-state index is 0.629. The molecule has 0 spiro atoms. The Kier molecular flexibility index (Phi) is 3.92. The summed E-state index contributed by atoms with van der Waals surface area (Å²) in [5.41, 5.74) is 6.37. The lowest BCUT2D eigenvalue weighted by Gasteiger charge is -2.39. The number of piperazine rings is 1. The summed E-state index contributed by atoms with van der Waals surface area (Å²) < 4.78 is 0. The van der Waals surface area contributed by atoms with Gasteiger partial charge in [0.15, 0.2) is 0 Å². The van der Waals surface area contributed by atoms with Crippen molar-refractivity contribution in [2.24, 2.45) is 11.1 Å². The van der Waals surface area contributed by atoms with Crippen LogP contribution in [0.15, 0.2) is 0 Å². The van der Waals surface area contributed by atoms with Crippen molar-refractivity contribution in [3.63, 3.8) is 0 Å². The van der Waals surface area contributed by atoms with Gasteiger partial charge in [-0.25, -0.2) is 0 Å². The highest BCUT2D eigenvalue weighted by Crippen LogP contribution is 2.49. The number of hydrogen-bond donors (Lipinski definition) is 1. The van der Waals surface area contributed by atoms with Gasteiger partial charge < -0.3 is 10.6 Å². The molecule has 1 aliphatic heterocycles. The van der Waals surface area contributed by atoms with Crippen molar-refractivity contribution in [2.45, 2.75) is 51.0 Å². The molecule has 3 rings (SSSR count). The summed E-state index contributed by atoms with van der Waals surface area (Å²) in [4.78, 5) is 5.46. The Hall–Kier alpha value is -0.120. The summed E-state index contributed by atoms with van der Waals surface area (Å²) in [7, 11) is 0. The van der Waals surface area contributed by atoms with Crippen LogP contribution in [0.25, 0.3) is 0 Å². The van der Waals surface area contributed by atoms with Gasteiger partial charge in [-0.2, -0.15) is 0 Å². The zero-order valence-corrected chi connectivity index (χ0v) is 11.7. The summed E-state index contributed by atoms with van der Waals surface area (Å²) in [5.74, 6) is 0. The molecule has 1 heterocycles. The van der Waals surface area contributed by atoms with Crippen LogP contribution >= 0.6 is 0 Å². The highest BCUT2D eigenvalue weighted by molar-refractivity contribution is 4.96. The lowest BCUT2D eigenvalue weighted by atomic mass is 10.0. The van der Waals surface area contributed by atoms with Crippen molar-refractivity contribution >= 4 is 0 Å². The fourth-order valence-electron chi connectivity index (χ4n) is 4.00. The molecule has 3 fully saturated rings. The van der Waals surface area contributed by atoms with Gasteiger partial charge in [0.05, 0.1) is 0 Å². The molecule has 0 aromatic carbocycles. The van der Waals surface area contributed by atoms with Gasteiger partial charge >= 0.3 is 0 Å². The third-order valence-electron chi connectivity index (χ3n) is 5.44. The molecule has 2 N–H and O–H groups in total. The van der Waals surface area contributed by atoms with Crippen molar-refractivity contribution in [1.29, 1.82) is 0 Å². The van der Waals surface area contributed by atoms with E-state index in [1.165, 1.54) is 77.7 Å². The SMILES string of the molecule is NCCC1(CN2CCN(C3CCCC3)CC2)CC1. The molecule has 1 saturated heterocycles. The normalized spacial score (nSPS) is 29.8. The predicted molar refractivity (Wildman–Crippen MR) is 75.6 cm³/mol. The van der Waals surface area contributed by atoms with Gasteiger partial charge in [-0.3, -0.25) is 4.90 Å². The largest absolute Gasteiger partial charge is 0.330 e. The highest BCUT2D eigenvalue weighted by Gasteiger charge is 2.43. The zero-order valence-electron chi connectivity index (χ0n) is 11.7. The van der Waals surface area contributed by atoms with E-state index in [9.17, 15) is 0 Å². The Morgan fingerprint density at radius 3 is 2.22 bits per heavy atom. The summed E-state index contributed by atoms with van der Waals surface area (Å²) >= 11 is 0. The topological polar surface area (TPSA) is 32.5 Å². The Balaban J connectivity index is 1.42. The van der Waals surface area contributed by atoms with Gasteiger partial charge in [0, 0.05) is 38.8 Å². The Morgan fingerprint density at radius 1 is 1.00 bits per heavy atom. The molecule has 18 heavy (non-hydrogen) atoms. The van der Waals surface area contributed by atoms with E-state index in [1.54, 1.807) is 0 Å². The fraction of sp³-hybridized carbons (Fsp3) is 1.00. The molecule has 3 heteroatoms. The fourth-order valence-corrected chi connectivity index (χ4v) is 4.00. The Labute approximate surface area is 112 Å². The van der Waals surface area contributed by atoms with Gasteiger partial charge in [-0.05, 0) is 44.1 Å². The van der Waals surface area contributed by atoms with E-state index >= 15 is 0 Å². The van der Waals surface area contributed by atoms with Crippen LogP contribution in [-0.2, 0) is 0 Å².